The molecule has 1 aliphatic heterocycles. The normalized spacial score (nSPS) is 19.5. The van der Waals surface area contributed by atoms with Gasteiger partial charge in [-0.3, -0.25) is 14.9 Å². The molecular formula is C11H14BrN3O4. The summed E-state index contributed by atoms with van der Waals surface area (Å²) in [7, 11) is 1.63. The van der Waals surface area contributed by atoms with Crippen LogP contribution in [0.4, 0.5) is 5.69 Å². The van der Waals surface area contributed by atoms with Gasteiger partial charge in [-0.2, -0.15) is 0 Å². The number of aryl methyl sites for hydroxylation is 1. The lowest BCUT2D eigenvalue weighted by molar-refractivity contribution is -0.384. The number of aromatic nitrogens is 1. The molecule has 0 N–H and O–H groups in total. The van der Waals surface area contributed by atoms with Crippen LogP contribution >= 0.6 is 15.9 Å². The molecule has 0 radical (unpaired) electrons. The van der Waals surface area contributed by atoms with Crippen molar-refractivity contribution in [1.82, 2.24) is 9.47 Å². The summed E-state index contributed by atoms with van der Waals surface area (Å²) < 4.78 is 6.81. The standard InChI is InChI=1S/C11H14BrN3O4/c1-13-6-8(15(17)18)4-10(13)11(16)14-2-3-19-7-9(14)5-12/h4,6,9H,2-3,5,7H2,1H3. The first-order valence-electron chi connectivity index (χ1n) is 5.80. The number of amides is 1. The number of nitrogens with zero attached hydrogens (tertiary/aromatic N) is 3. The van der Waals surface area contributed by atoms with Crippen molar-refractivity contribution in [3.05, 3.63) is 28.1 Å². The largest absolute Gasteiger partial charge is 0.377 e. The maximum Gasteiger partial charge on any atom is 0.287 e. The molecule has 104 valence electrons. The van der Waals surface area contributed by atoms with E-state index in [-0.39, 0.29) is 17.6 Å². The molecule has 0 saturated carbocycles. The second-order valence-electron chi connectivity index (χ2n) is 4.33. The molecule has 2 rings (SSSR count). The van der Waals surface area contributed by atoms with E-state index < -0.39 is 4.92 Å². The highest BCUT2D eigenvalue weighted by Crippen LogP contribution is 2.19. The monoisotopic (exact) mass is 331 g/mol. The van der Waals surface area contributed by atoms with Crippen molar-refractivity contribution in [2.45, 2.75) is 6.04 Å². The molecule has 19 heavy (non-hydrogen) atoms. The molecule has 0 spiro atoms. The Kier molecular flexibility index (Phi) is 4.20. The van der Waals surface area contributed by atoms with Gasteiger partial charge in [0.25, 0.3) is 11.6 Å². The Hall–Kier alpha value is -1.41. The van der Waals surface area contributed by atoms with E-state index in [1.165, 1.54) is 16.8 Å². The van der Waals surface area contributed by atoms with E-state index in [4.69, 9.17) is 4.74 Å². The zero-order valence-electron chi connectivity index (χ0n) is 10.4. The van der Waals surface area contributed by atoms with Crippen molar-refractivity contribution in [3.8, 4) is 0 Å². The summed E-state index contributed by atoms with van der Waals surface area (Å²) in [6.07, 6.45) is 1.34. The average molecular weight is 332 g/mol. The Morgan fingerprint density at radius 2 is 2.42 bits per heavy atom. The maximum atomic E-state index is 12.4. The summed E-state index contributed by atoms with van der Waals surface area (Å²) in [5.41, 5.74) is 0.244. The fraction of sp³-hybridized carbons (Fsp3) is 0.545. The Bertz CT molecular complexity index is 502. The van der Waals surface area contributed by atoms with Crippen LogP contribution in [-0.4, -0.2) is 51.4 Å². The van der Waals surface area contributed by atoms with Crippen LogP contribution in [0.2, 0.25) is 0 Å². The van der Waals surface area contributed by atoms with Gasteiger partial charge in [0.1, 0.15) is 5.69 Å². The van der Waals surface area contributed by atoms with Crippen LogP contribution < -0.4 is 0 Å². The number of alkyl halides is 1. The van der Waals surface area contributed by atoms with Crippen molar-refractivity contribution in [2.75, 3.05) is 25.1 Å². The maximum absolute atomic E-state index is 12.4. The van der Waals surface area contributed by atoms with Crippen molar-refractivity contribution >= 4 is 27.5 Å². The average Bonchev–Trinajstić information content (AvgIpc) is 2.80. The number of morpholine rings is 1. The molecule has 1 aromatic heterocycles. The molecule has 8 heteroatoms. The molecule has 1 atom stereocenters. The van der Waals surface area contributed by atoms with Crippen LogP contribution in [0, 0.1) is 10.1 Å². The highest BCUT2D eigenvalue weighted by atomic mass is 79.9. The molecule has 7 nitrogen and oxygen atoms in total. The predicted molar refractivity (Wildman–Crippen MR) is 71.5 cm³/mol. The SMILES string of the molecule is Cn1cc([N+](=O)[O-])cc1C(=O)N1CCOCC1CBr. The molecule has 2 heterocycles. The predicted octanol–water partition coefficient (Wildman–Crippen LogP) is 1.17. The Balaban J connectivity index is 2.25. The van der Waals surface area contributed by atoms with Gasteiger partial charge in [-0.1, -0.05) is 15.9 Å². The van der Waals surface area contributed by atoms with E-state index in [2.05, 4.69) is 15.9 Å². The molecule has 1 aromatic rings. The highest BCUT2D eigenvalue weighted by Gasteiger charge is 2.29. The zero-order chi connectivity index (χ0) is 14.0. The first kappa shape index (κ1) is 14.0. The molecule has 0 aliphatic carbocycles. The van der Waals surface area contributed by atoms with Crippen molar-refractivity contribution in [2.24, 2.45) is 7.05 Å². The number of carbonyl (C=O) groups excluding carboxylic acids is 1. The third-order valence-corrected chi connectivity index (χ3v) is 3.83. The Morgan fingerprint density at radius 3 is 3.00 bits per heavy atom. The van der Waals surface area contributed by atoms with Gasteiger partial charge in [0.05, 0.1) is 30.4 Å². The Labute approximate surface area is 118 Å². The number of nitro groups is 1. The lowest BCUT2D eigenvalue weighted by Crippen LogP contribution is -2.49. The van der Waals surface area contributed by atoms with E-state index in [1.807, 2.05) is 0 Å². The van der Waals surface area contributed by atoms with Gasteiger partial charge in [-0.05, 0) is 0 Å². The smallest absolute Gasteiger partial charge is 0.287 e. The summed E-state index contributed by atoms with van der Waals surface area (Å²) in [6, 6.07) is 1.26. The molecule has 1 unspecified atom stereocenters. The zero-order valence-corrected chi connectivity index (χ0v) is 12.0. The lowest BCUT2D eigenvalue weighted by Gasteiger charge is -2.34. The number of hydrogen-bond donors (Lipinski definition) is 0. The first-order chi connectivity index (χ1) is 9.04. The van der Waals surface area contributed by atoms with Gasteiger partial charge in [-0.15, -0.1) is 0 Å². The van der Waals surface area contributed by atoms with E-state index in [9.17, 15) is 14.9 Å². The summed E-state index contributed by atoms with van der Waals surface area (Å²) >= 11 is 3.35. The fourth-order valence-corrected chi connectivity index (χ4v) is 2.59. The van der Waals surface area contributed by atoms with E-state index in [1.54, 1.807) is 11.9 Å². The van der Waals surface area contributed by atoms with E-state index in [0.29, 0.717) is 30.8 Å². The van der Waals surface area contributed by atoms with Crippen molar-refractivity contribution in [1.29, 1.82) is 0 Å². The van der Waals surface area contributed by atoms with Crippen LogP contribution in [0.5, 0.6) is 0 Å². The van der Waals surface area contributed by atoms with Gasteiger partial charge in [0.15, 0.2) is 0 Å². The quantitative estimate of drug-likeness (QED) is 0.473. The van der Waals surface area contributed by atoms with Crippen LogP contribution in [0.25, 0.3) is 0 Å². The highest BCUT2D eigenvalue weighted by molar-refractivity contribution is 9.09. The van der Waals surface area contributed by atoms with Crippen LogP contribution in [0.15, 0.2) is 12.3 Å². The second kappa shape index (κ2) is 5.70. The minimum atomic E-state index is -0.502. The molecule has 0 bridgehead atoms. The minimum absolute atomic E-state index is 0.0461. The number of ether oxygens (including phenoxy) is 1. The molecule has 1 aliphatic rings. The topological polar surface area (TPSA) is 77.6 Å². The summed E-state index contributed by atoms with van der Waals surface area (Å²) in [4.78, 5) is 24.3. The second-order valence-corrected chi connectivity index (χ2v) is 4.98. The molecule has 1 saturated heterocycles. The van der Waals surface area contributed by atoms with E-state index >= 15 is 0 Å². The van der Waals surface area contributed by atoms with E-state index in [0.717, 1.165) is 0 Å². The third-order valence-electron chi connectivity index (χ3n) is 3.09. The van der Waals surface area contributed by atoms with Gasteiger partial charge in [0, 0.05) is 25.0 Å². The summed E-state index contributed by atoms with van der Waals surface area (Å²) in [5.74, 6) is -0.205. The summed E-state index contributed by atoms with van der Waals surface area (Å²) in [5, 5.41) is 11.3. The molecule has 0 aromatic carbocycles. The number of rotatable bonds is 3. The number of carbonyl (C=O) groups is 1. The lowest BCUT2D eigenvalue weighted by atomic mass is 10.2. The third kappa shape index (κ3) is 2.79. The minimum Gasteiger partial charge on any atom is -0.377 e. The summed E-state index contributed by atoms with van der Waals surface area (Å²) in [6.45, 7) is 1.46. The fourth-order valence-electron chi connectivity index (χ4n) is 2.06. The van der Waals surface area contributed by atoms with Gasteiger partial charge in [-0.25, -0.2) is 0 Å². The van der Waals surface area contributed by atoms with Gasteiger partial charge in [0.2, 0.25) is 0 Å². The Morgan fingerprint density at radius 1 is 1.68 bits per heavy atom. The van der Waals surface area contributed by atoms with Crippen molar-refractivity contribution < 1.29 is 14.5 Å². The van der Waals surface area contributed by atoms with Crippen LogP contribution in [0.1, 0.15) is 10.5 Å². The van der Waals surface area contributed by atoms with Crippen molar-refractivity contribution in [3.63, 3.8) is 0 Å². The number of halogens is 1. The van der Waals surface area contributed by atoms with Crippen LogP contribution in [-0.2, 0) is 11.8 Å². The molecule has 1 fully saturated rings. The first-order valence-corrected chi connectivity index (χ1v) is 6.92. The van der Waals surface area contributed by atoms with Gasteiger partial charge >= 0.3 is 0 Å². The molecule has 1 amide bonds. The van der Waals surface area contributed by atoms with Crippen LogP contribution in [0.3, 0.4) is 0 Å². The number of hydrogen-bond acceptors (Lipinski definition) is 4. The molecular weight excluding hydrogens is 318 g/mol. The van der Waals surface area contributed by atoms with Gasteiger partial charge < -0.3 is 14.2 Å².